The van der Waals surface area contributed by atoms with Gasteiger partial charge in [-0.3, -0.25) is 19.2 Å². The van der Waals surface area contributed by atoms with Crippen molar-refractivity contribution < 1.29 is 101 Å². The van der Waals surface area contributed by atoms with Gasteiger partial charge in [-0.25, -0.2) is 29.0 Å². The van der Waals surface area contributed by atoms with Gasteiger partial charge in [-0.05, 0) is 104 Å². The van der Waals surface area contributed by atoms with E-state index in [-0.39, 0.29) is 113 Å². The van der Waals surface area contributed by atoms with Crippen molar-refractivity contribution >= 4 is 72.4 Å². The van der Waals surface area contributed by atoms with Gasteiger partial charge in [0.1, 0.15) is 56.1 Å². The topological polar surface area (TPSA) is 306 Å². The number of rotatable bonds is 33. The van der Waals surface area contributed by atoms with Crippen LogP contribution in [0.5, 0.6) is 11.5 Å². The van der Waals surface area contributed by atoms with Gasteiger partial charge in [0.25, 0.3) is 0 Å². The zero-order valence-electron chi connectivity index (χ0n) is 48.5. The average molecular weight is 1210 g/mol. The maximum atomic E-state index is 12.7. The molecule has 0 spiro atoms. The highest BCUT2D eigenvalue weighted by atomic mass is 17.2. The van der Waals surface area contributed by atoms with Crippen LogP contribution >= 0.6 is 0 Å². The van der Waals surface area contributed by atoms with E-state index in [1.54, 1.807) is 61.7 Å². The van der Waals surface area contributed by atoms with E-state index in [1.807, 2.05) is 38.1 Å². The van der Waals surface area contributed by atoms with E-state index in [0.717, 1.165) is 23.3 Å². The first-order valence-electron chi connectivity index (χ1n) is 27.5. The predicted molar refractivity (Wildman–Crippen MR) is 312 cm³/mol. The monoisotopic (exact) mass is 1200 g/mol. The normalized spacial score (nSPS) is 15.9. The quantitative estimate of drug-likeness (QED) is 0.00518. The first kappa shape index (κ1) is 68.4. The van der Waals surface area contributed by atoms with Crippen LogP contribution in [0.3, 0.4) is 0 Å². The molecule has 2 heterocycles. The largest absolute Gasteiger partial charge is 0.462 e. The van der Waals surface area contributed by atoms with Crippen LogP contribution in [-0.2, 0) is 76.5 Å². The molecule has 2 fully saturated rings. The zero-order chi connectivity index (χ0) is 62.8. The van der Waals surface area contributed by atoms with Gasteiger partial charge in [0, 0.05) is 18.6 Å². The number of nitrogens with zero attached hydrogens (tertiary/aromatic N) is 4. The van der Waals surface area contributed by atoms with Crippen molar-refractivity contribution in [2.45, 2.75) is 84.2 Å². The molecule has 462 valence electrons. The van der Waals surface area contributed by atoms with E-state index in [2.05, 4.69) is 38.3 Å². The number of ketones is 1. The number of Topliss-reactive ketones (excluding diaryl/α,β-unsaturated/α-hetero) is 1. The molecule has 2 aliphatic heterocycles. The van der Waals surface area contributed by atoms with E-state index in [0.29, 0.717) is 41.7 Å². The van der Waals surface area contributed by atoms with E-state index in [9.17, 15) is 38.4 Å². The molecule has 4 aromatic rings. The van der Waals surface area contributed by atoms with Crippen LogP contribution in [0.2, 0.25) is 0 Å². The minimum absolute atomic E-state index is 0.0253. The SMILES string of the molecule is C=CC(=O)OCCOC(=O)CCC(=O)Oc1ccc(/C=N/N=C/c2ccc(C(=O)OC3COC4C3OC[C@H]4OOCC)cc2)cc1C(C)=O.C=CC(=O)OCCOC(=O)CCCOOc1ccc(/C=N/N=C/c2ccc(C)cc2)cc1C(=O)OCCC. The third-order valence-electron chi connectivity index (χ3n) is 11.8. The summed E-state index contributed by atoms with van der Waals surface area (Å²) in [5.74, 6) is -4.38. The molecule has 0 amide bonds. The number of carbonyl (C=O) groups is 8. The van der Waals surface area contributed by atoms with E-state index < -0.39 is 54.0 Å². The second-order valence-corrected chi connectivity index (χ2v) is 18.5. The Balaban J connectivity index is 0.000000328. The highest BCUT2D eigenvalue weighted by molar-refractivity contribution is 6.00. The highest BCUT2D eigenvalue weighted by Gasteiger charge is 2.50. The summed E-state index contributed by atoms with van der Waals surface area (Å²) < 4.78 is 46.8. The Hall–Kier alpha value is -9.40. The number of esters is 7. The number of ether oxygens (including phenoxy) is 9. The maximum Gasteiger partial charge on any atom is 0.342 e. The molecule has 0 bridgehead atoms. The van der Waals surface area contributed by atoms with Crippen molar-refractivity contribution in [1.82, 2.24) is 0 Å². The Labute approximate surface area is 501 Å². The summed E-state index contributed by atoms with van der Waals surface area (Å²) in [5.41, 5.74) is 4.50. The van der Waals surface area contributed by atoms with Crippen molar-refractivity contribution in [2.75, 3.05) is 59.5 Å². The van der Waals surface area contributed by atoms with Crippen molar-refractivity contribution in [3.63, 3.8) is 0 Å². The van der Waals surface area contributed by atoms with E-state index in [4.69, 9.17) is 57.4 Å². The van der Waals surface area contributed by atoms with Crippen LogP contribution in [-0.4, -0.2) is 156 Å². The Morgan fingerprint density at radius 2 is 1.05 bits per heavy atom. The molecule has 0 saturated carbocycles. The van der Waals surface area contributed by atoms with Crippen LogP contribution in [0.25, 0.3) is 0 Å². The van der Waals surface area contributed by atoms with Crippen molar-refractivity contribution in [1.29, 1.82) is 0 Å². The van der Waals surface area contributed by atoms with Crippen LogP contribution in [0.15, 0.2) is 131 Å². The number of benzene rings is 4. The Morgan fingerprint density at radius 1 is 0.540 bits per heavy atom. The minimum Gasteiger partial charge on any atom is -0.462 e. The van der Waals surface area contributed by atoms with Crippen LogP contribution in [0.4, 0.5) is 0 Å². The van der Waals surface area contributed by atoms with Gasteiger partial charge in [0.2, 0.25) is 0 Å². The molecule has 4 atom stereocenters. The lowest BCUT2D eigenvalue weighted by molar-refractivity contribution is -0.330. The summed E-state index contributed by atoms with van der Waals surface area (Å²) in [6.07, 6.45) is 6.76. The number of carbonyl (C=O) groups excluding carboxylic acids is 8. The number of aryl methyl sites for hydroxylation is 1. The lowest BCUT2D eigenvalue weighted by Gasteiger charge is -2.17. The summed E-state index contributed by atoms with van der Waals surface area (Å²) in [6.45, 7) is 14.3. The predicted octanol–water partition coefficient (Wildman–Crippen LogP) is 7.34. The molecule has 25 heteroatoms. The Morgan fingerprint density at radius 3 is 1.62 bits per heavy atom. The molecular weight excluding hydrogens is 1140 g/mol. The molecule has 87 heavy (non-hydrogen) atoms. The Kier molecular flexibility index (Phi) is 29.7. The smallest absolute Gasteiger partial charge is 0.342 e. The minimum atomic E-state index is -0.742. The molecule has 0 radical (unpaired) electrons. The van der Waals surface area contributed by atoms with Gasteiger partial charge in [-0.15, -0.1) is 0 Å². The van der Waals surface area contributed by atoms with Gasteiger partial charge in [0.05, 0.1) is 81.9 Å². The van der Waals surface area contributed by atoms with Gasteiger partial charge >= 0.3 is 41.8 Å². The molecule has 0 aliphatic carbocycles. The molecule has 0 N–H and O–H groups in total. The molecule has 3 unspecified atom stereocenters. The van der Waals surface area contributed by atoms with Crippen molar-refractivity contribution in [3.05, 3.63) is 155 Å². The van der Waals surface area contributed by atoms with E-state index in [1.165, 1.54) is 37.7 Å². The third kappa shape index (κ3) is 24.6. The third-order valence-corrected chi connectivity index (χ3v) is 11.8. The van der Waals surface area contributed by atoms with E-state index >= 15 is 0 Å². The summed E-state index contributed by atoms with van der Waals surface area (Å²) in [5, 5.41) is 16.1. The summed E-state index contributed by atoms with van der Waals surface area (Å²) in [6, 6.07) is 23.7. The van der Waals surface area contributed by atoms with Crippen LogP contribution in [0, 0.1) is 6.92 Å². The molecule has 25 nitrogen and oxygen atoms in total. The Bertz CT molecular complexity index is 3100. The van der Waals surface area contributed by atoms with Crippen LogP contribution in [0.1, 0.15) is 112 Å². The van der Waals surface area contributed by atoms with Gasteiger partial charge in [0.15, 0.2) is 17.6 Å². The molecule has 4 aromatic carbocycles. The number of fused-ring (bicyclic) bond motifs is 1. The lowest BCUT2D eigenvalue weighted by atomic mass is 10.1. The molecule has 2 aliphatic rings. The molecule has 2 saturated heterocycles. The number of hydrogen-bond donors (Lipinski definition) is 0. The standard InChI is InChI=1S/C34H36N2O13.C28H32N2O8/c1-4-29(38)42-14-15-43-30(39)12-13-31(40)47-26-11-8-23(16-25(26)21(3)37)18-36-35-17-22-6-9-24(10-7-22)34(41)48-27-19-44-33-28(49-46-5-2)20-45-32(27)33;1-4-14-36-28(33)24-18-23(20-30-29-19-22-10-8-21(3)9-11-22)12-13-25(24)38-37-15-6-7-27(32)35-17-16-34-26(31)5-2/h4,6-11,16-18,27-28,32-33H,1,5,12-15,19-20H2,2-3H3;5,8-13,18-20H,2,4,6-7,14-17H2,1,3H3/b35-17+,36-18+;29-19+,30-20+/t27?,28-,32?,33?;/m1./s1. The van der Waals surface area contributed by atoms with Crippen molar-refractivity contribution in [2.24, 2.45) is 20.4 Å². The van der Waals surface area contributed by atoms with Crippen LogP contribution < -0.4 is 9.62 Å². The highest BCUT2D eigenvalue weighted by Crippen LogP contribution is 2.31. The zero-order valence-corrected chi connectivity index (χ0v) is 48.5. The first-order chi connectivity index (χ1) is 42.1. The van der Waals surface area contributed by atoms with Gasteiger partial charge in [-0.1, -0.05) is 62.0 Å². The fraction of sp³-hybridized carbons (Fsp3) is 0.355. The fourth-order valence-corrected chi connectivity index (χ4v) is 7.47. The molecule has 6 rings (SSSR count). The second kappa shape index (κ2) is 37.8. The first-order valence-corrected chi connectivity index (χ1v) is 27.5. The average Bonchev–Trinajstić information content (AvgIpc) is 2.51. The van der Waals surface area contributed by atoms with Gasteiger partial charge in [-0.2, -0.15) is 25.3 Å². The lowest BCUT2D eigenvalue weighted by Crippen LogP contribution is -2.35. The number of hydrogen-bond acceptors (Lipinski definition) is 25. The summed E-state index contributed by atoms with van der Waals surface area (Å²) >= 11 is 0. The summed E-state index contributed by atoms with van der Waals surface area (Å²) in [7, 11) is 0. The van der Waals surface area contributed by atoms with Crippen molar-refractivity contribution in [3.8, 4) is 11.5 Å². The van der Waals surface area contributed by atoms with Gasteiger partial charge < -0.3 is 47.5 Å². The summed E-state index contributed by atoms with van der Waals surface area (Å²) in [4.78, 5) is 116. The fourth-order valence-electron chi connectivity index (χ4n) is 7.47. The molecule has 0 aromatic heterocycles. The molecular formula is C62H68N4O21. The maximum absolute atomic E-state index is 12.7. The second-order valence-electron chi connectivity index (χ2n) is 18.5.